The van der Waals surface area contributed by atoms with E-state index in [4.69, 9.17) is 0 Å². The lowest BCUT2D eigenvalue weighted by atomic mass is 10.1. The zero-order valence-electron chi connectivity index (χ0n) is 10.4. The van der Waals surface area contributed by atoms with E-state index in [1.165, 1.54) is 12.1 Å². The Hall–Kier alpha value is -1.42. The SMILES string of the molecule is CNCCCN(C)C(=O)Cc1ccc(F)cc1. The van der Waals surface area contributed by atoms with Crippen molar-refractivity contribution in [2.24, 2.45) is 0 Å². The van der Waals surface area contributed by atoms with Crippen molar-refractivity contribution in [1.82, 2.24) is 10.2 Å². The van der Waals surface area contributed by atoms with Crippen molar-refractivity contribution in [3.63, 3.8) is 0 Å². The van der Waals surface area contributed by atoms with Crippen LogP contribution in [0.4, 0.5) is 4.39 Å². The molecule has 0 bridgehead atoms. The van der Waals surface area contributed by atoms with Gasteiger partial charge in [-0.15, -0.1) is 0 Å². The summed E-state index contributed by atoms with van der Waals surface area (Å²) in [7, 11) is 3.68. The van der Waals surface area contributed by atoms with Crippen LogP contribution in [0.1, 0.15) is 12.0 Å². The normalized spacial score (nSPS) is 10.3. The number of rotatable bonds is 6. The molecule has 0 aliphatic rings. The average Bonchev–Trinajstić information content (AvgIpc) is 2.32. The highest BCUT2D eigenvalue weighted by Gasteiger charge is 2.08. The predicted molar refractivity (Wildman–Crippen MR) is 66.3 cm³/mol. The lowest BCUT2D eigenvalue weighted by Crippen LogP contribution is -2.30. The van der Waals surface area contributed by atoms with Gasteiger partial charge in [0.1, 0.15) is 5.82 Å². The van der Waals surface area contributed by atoms with Gasteiger partial charge in [-0.05, 0) is 37.7 Å². The number of benzene rings is 1. The largest absolute Gasteiger partial charge is 0.345 e. The van der Waals surface area contributed by atoms with Gasteiger partial charge in [0.15, 0.2) is 0 Å². The Labute approximate surface area is 102 Å². The molecule has 4 heteroatoms. The monoisotopic (exact) mass is 238 g/mol. The molecule has 0 fully saturated rings. The van der Waals surface area contributed by atoms with Crippen LogP contribution in [0.3, 0.4) is 0 Å². The van der Waals surface area contributed by atoms with Crippen LogP contribution in [0, 0.1) is 5.82 Å². The van der Waals surface area contributed by atoms with E-state index in [1.54, 1.807) is 24.1 Å². The van der Waals surface area contributed by atoms with Crippen LogP contribution < -0.4 is 5.32 Å². The van der Waals surface area contributed by atoms with E-state index in [2.05, 4.69) is 5.32 Å². The standard InChI is InChI=1S/C13H19FN2O/c1-15-8-3-9-16(2)13(17)10-11-4-6-12(14)7-5-11/h4-7,15H,3,8-10H2,1-2H3. The molecule has 0 aliphatic carbocycles. The molecule has 0 atom stereocenters. The molecule has 0 radical (unpaired) electrons. The summed E-state index contributed by atoms with van der Waals surface area (Å²) in [5.74, 6) is -0.212. The molecule has 1 N–H and O–H groups in total. The van der Waals surface area contributed by atoms with Gasteiger partial charge in [-0.2, -0.15) is 0 Å². The summed E-state index contributed by atoms with van der Waals surface area (Å²) in [6.45, 7) is 1.63. The van der Waals surface area contributed by atoms with E-state index in [0.29, 0.717) is 6.42 Å². The van der Waals surface area contributed by atoms with Crippen LogP contribution in [0.15, 0.2) is 24.3 Å². The predicted octanol–water partition coefficient (Wildman–Crippen LogP) is 1.44. The fourth-order valence-electron chi connectivity index (χ4n) is 1.53. The molecule has 0 saturated heterocycles. The number of halogens is 1. The number of hydrogen-bond donors (Lipinski definition) is 1. The van der Waals surface area contributed by atoms with Crippen molar-refractivity contribution in [1.29, 1.82) is 0 Å². The van der Waals surface area contributed by atoms with Gasteiger partial charge in [0.2, 0.25) is 5.91 Å². The second kappa shape index (κ2) is 7.01. The molecule has 0 unspecified atom stereocenters. The number of carbonyl (C=O) groups excluding carboxylic acids is 1. The first kappa shape index (κ1) is 13.6. The van der Waals surface area contributed by atoms with Crippen LogP contribution in [-0.2, 0) is 11.2 Å². The Kier molecular flexibility index (Phi) is 5.63. The summed E-state index contributed by atoms with van der Waals surface area (Å²) in [5, 5.41) is 3.04. The Morgan fingerprint density at radius 2 is 2.00 bits per heavy atom. The maximum atomic E-state index is 12.7. The average molecular weight is 238 g/mol. The lowest BCUT2D eigenvalue weighted by Gasteiger charge is -2.17. The molecule has 1 aromatic rings. The third-order valence-corrected chi connectivity index (χ3v) is 2.61. The Bertz CT molecular complexity index is 351. The smallest absolute Gasteiger partial charge is 0.226 e. The van der Waals surface area contributed by atoms with E-state index < -0.39 is 0 Å². The molecule has 0 spiro atoms. The molecular weight excluding hydrogens is 219 g/mol. The summed E-state index contributed by atoms with van der Waals surface area (Å²) in [6, 6.07) is 6.05. The molecule has 94 valence electrons. The highest BCUT2D eigenvalue weighted by atomic mass is 19.1. The third kappa shape index (κ3) is 4.95. The first-order chi connectivity index (χ1) is 8.13. The second-order valence-electron chi connectivity index (χ2n) is 4.08. The van der Waals surface area contributed by atoms with Gasteiger partial charge in [0, 0.05) is 13.6 Å². The van der Waals surface area contributed by atoms with Crippen LogP contribution >= 0.6 is 0 Å². The van der Waals surface area contributed by atoms with Crippen molar-refractivity contribution in [2.75, 3.05) is 27.2 Å². The summed E-state index contributed by atoms with van der Waals surface area (Å²) < 4.78 is 12.7. The number of nitrogens with one attached hydrogen (secondary N) is 1. The number of likely N-dealkylation sites (N-methyl/N-ethyl adjacent to an activating group) is 1. The Balaban J connectivity index is 2.40. The molecule has 0 aromatic heterocycles. The van der Waals surface area contributed by atoms with Crippen molar-refractivity contribution in [2.45, 2.75) is 12.8 Å². The lowest BCUT2D eigenvalue weighted by molar-refractivity contribution is -0.129. The van der Waals surface area contributed by atoms with Gasteiger partial charge in [0.05, 0.1) is 6.42 Å². The first-order valence-electron chi connectivity index (χ1n) is 5.76. The quantitative estimate of drug-likeness (QED) is 0.761. The Morgan fingerprint density at radius 3 is 2.59 bits per heavy atom. The highest BCUT2D eigenvalue weighted by Crippen LogP contribution is 2.05. The van der Waals surface area contributed by atoms with E-state index in [1.807, 2.05) is 7.05 Å². The van der Waals surface area contributed by atoms with Gasteiger partial charge in [-0.3, -0.25) is 4.79 Å². The minimum Gasteiger partial charge on any atom is -0.345 e. The number of carbonyl (C=O) groups is 1. The molecule has 1 aromatic carbocycles. The second-order valence-corrected chi connectivity index (χ2v) is 4.08. The maximum Gasteiger partial charge on any atom is 0.226 e. The summed E-state index contributed by atoms with van der Waals surface area (Å²) >= 11 is 0. The van der Waals surface area contributed by atoms with Crippen LogP contribution in [0.5, 0.6) is 0 Å². The van der Waals surface area contributed by atoms with Gasteiger partial charge < -0.3 is 10.2 Å². The van der Waals surface area contributed by atoms with Crippen LogP contribution in [0.2, 0.25) is 0 Å². The molecule has 17 heavy (non-hydrogen) atoms. The molecule has 0 heterocycles. The molecule has 3 nitrogen and oxygen atoms in total. The number of amides is 1. The highest BCUT2D eigenvalue weighted by molar-refractivity contribution is 5.78. The van der Waals surface area contributed by atoms with E-state index in [0.717, 1.165) is 25.1 Å². The van der Waals surface area contributed by atoms with Crippen molar-refractivity contribution in [3.05, 3.63) is 35.6 Å². The molecule has 1 rings (SSSR count). The summed E-state index contributed by atoms with van der Waals surface area (Å²) in [6.07, 6.45) is 1.26. The fraction of sp³-hybridized carbons (Fsp3) is 0.462. The van der Waals surface area contributed by atoms with Crippen molar-refractivity contribution in [3.8, 4) is 0 Å². The van der Waals surface area contributed by atoms with Gasteiger partial charge in [-0.1, -0.05) is 12.1 Å². The third-order valence-electron chi connectivity index (χ3n) is 2.61. The van der Waals surface area contributed by atoms with Crippen molar-refractivity contribution >= 4 is 5.91 Å². The molecule has 1 amide bonds. The number of hydrogen-bond acceptors (Lipinski definition) is 2. The molecular formula is C13H19FN2O. The van der Waals surface area contributed by atoms with Crippen molar-refractivity contribution < 1.29 is 9.18 Å². The summed E-state index contributed by atoms with van der Waals surface area (Å²) in [5.41, 5.74) is 0.844. The maximum absolute atomic E-state index is 12.7. The van der Waals surface area contributed by atoms with Gasteiger partial charge >= 0.3 is 0 Å². The van der Waals surface area contributed by atoms with E-state index >= 15 is 0 Å². The van der Waals surface area contributed by atoms with E-state index in [9.17, 15) is 9.18 Å². The van der Waals surface area contributed by atoms with Gasteiger partial charge in [0.25, 0.3) is 0 Å². The van der Waals surface area contributed by atoms with Gasteiger partial charge in [-0.25, -0.2) is 4.39 Å². The first-order valence-corrected chi connectivity index (χ1v) is 5.76. The van der Waals surface area contributed by atoms with Crippen LogP contribution in [-0.4, -0.2) is 38.0 Å². The minimum atomic E-state index is -0.274. The minimum absolute atomic E-state index is 0.0627. The van der Waals surface area contributed by atoms with E-state index in [-0.39, 0.29) is 11.7 Å². The number of nitrogens with zero attached hydrogens (tertiary/aromatic N) is 1. The zero-order valence-corrected chi connectivity index (χ0v) is 10.4. The van der Waals surface area contributed by atoms with Crippen LogP contribution in [0.25, 0.3) is 0 Å². The summed E-state index contributed by atoms with van der Waals surface area (Å²) in [4.78, 5) is 13.5. The topological polar surface area (TPSA) is 32.3 Å². The molecule has 0 saturated carbocycles. The zero-order chi connectivity index (χ0) is 12.7. The fourth-order valence-corrected chi connectivity index (χ4v) is 1.53. The Morgan fingerprint density at radius 1 is 1.35 bits per heavy atom. The molecule has 0 aliphatic heterocycles.